The van der Waals surface area contributed by atoms with Crippen molar-refractivity contribution in [2.75, 3.05) is 16.8 Å². The molecule has 5 N–H and O–H groups in total. The van der Waals surface area contributed by atoms with Crippen LogP contribution in [-0.4, -0.2) is 15.7 Å². The van der Waals surface area contributed by atoms with E-state index < -0.39 is 0 Å². The zero-order chi connectivity index (χ0) is 19.5. The van der Waals surface area contributed by atoms with Crippen LogP contribution < -0.4 is 16.8 Å². The Morgan fingerprint density at radius 2 is 1.71 bits per heavy atom. The van der Waals surface area contributed by atoms with E-state index in [1.807, 2.05) is 54.6 Å². The van der Waals surface area contributed by atoms with Gasteiger partial charge in [0.05, 0.1) is 6.04 Å². The summed E-state index contributed by atoms with van der Waals surface area (Å²) in [6.45, 7) is 0. The van der Waals surface area contributed by atoms with E-state index in [9.17, 15) is 0 Å². The van der Waals surface area contributed by atoms with Crippen molar-refractivity contribution >= 4 is 46.7 Å². The minimum atomic E-state index is -0.0234. The summed E-state index contributed by atoms with van der Waals surface area (Å²) >= 11 is 5.96. The van der Waals surface area contributed by atoms with Gasteiger partial charge < -0.3 is 16.8 Å². The molecule has 28 heavy (non-hydrogen) atoms. The maximum Gasteiger partial charge on any atom is 0.224 e. The molecule has 0 fully saturated rings. The first kappa shape index (κ1) is 18.0. The minimum Gasteiger partial charge on any atom is -0.382 e. The normalized spacial score (nSPS) is 16.2. The largest absolute Gasteiger partial charge is 0.382 e. The fourth-order valence-electron chi connectivity index (χ4n) is 3.07. The number of nitrogens with one attached hydrogen (secondary N) is 1. The molecule has 0 aliphatic carbocycles. The van der Waals surface area contributed by atoms with E-state index in [1.165, 1.54) is 0 Å². The lowest BCUT2D eigenvalue weighted by Crippen LogP contribution is -2.14. The number of nitrogen functional groups attached to an aromatic ring is 2. The molecule has 0 saturated carbocycles. The van der Waals surface area contributed by atoms with Crippen LogP contribution in [-0.2, 0) is 0 Å². The van der Waals surface area contributed by atoms with E-state index in [1.54, 1.807) is 0 Å². The van der Waals surface area contributed by atoms with Crippen LogP contribution in [0.5, 0.6) is 0 Å². The van der Waals surface area contributed by atoms with Crippen molar-refractivity contribution in [2.24, 2.45) is 4.99 Å². The van der Waals surface area contributed by atoms with Crippen molar-refractivity contribution in [3.05, 3.63) is 76.8 Å². The predicted molar refractivity (Wildman–Crippen MR) is 116 cm³/mol. The topological polar surface area (TPSA) is 102 Å². The second-order valence-electron chi connectivity index (χ2n) is 6.46. The van der Waals surface area contributed by atoms with Gasteiger partial charge in [0.1, 0.15) is 5.69 Å². The van der Waals surface area contributed by atoms with Crippen molar-refractivity contribution in [3.63, 3.8) is 0 Å². The number of aliphatic imine (C=N–C) groups is 1. The van der Waals surface area contributed by atoms with E-state index in [2.05, 4.69) is 27.4 Å². The Morgan fingerprint density at radius 3 is 2.46 bits per heavy atom. The van der Waals surface area contributed by atoms with Gasteiger partial charge in [0.2, 0.25) is 5.95 Å². The van der Waals surface area contributed by atoms with E-state index >= 15 is 0 Å². The van der Waals surface area contributed by atoms with Gasteiger partial charge in [0.15, 0.2) is 11.6 Å². The molecule has 6 nitrogen and oxygen atoms in total. The summed E-state index contributed by atoms with van der Waals surface area (Å²) in [5.41, 5.74) is 15.4. The summed E-state index contributed by atoms with van der Waals surface area (Å²) in [6.07, 6.45) is 4.63. The number of nitrogens with zero attached hydrogens (tertiary/aromatic N) is 3. The van der Waals surface area contributed by atoms with E-state index in [0.29, 0.717) is 22.9 Å². The summed E-state index contributed by atoms with van der Waals surface area (Å²) in [4.78, 5) is 13.1. The lowest BCUT2D eigenvalue weighted by atomic mass is 10.0. The van der Waals surface area contributed by atoms with Gasteiger partial charge in [-0.2, -0.15) is 9.97 Å². The Morgan fingerprint density at radius 1 is 0.964 bits per heavy atom. The number of rotatable bonds is 3. The number of aromatic nitrogens is 2. The predicted octanol–water partition coefficient (Wildman–Crippen LogP) is 4.64. The van der Waals surface area contributed by atoms with Gasteiger partial charge in [0, 0.05) is 17.2 Å². The van der Waals surface area contributed by atoms with E-state index in [-0.39, 0.29) is 17.8 Å². The first-order valence-corrected chi connectivity index (χ1v) is 9.22. The molecule has 0 radical (unpaired) electrons. The van der Waals surface area contributed by atoms with Gasteiger partial charge in [-0.3, -0.25) is 0 Å². The number of fused-ring (bicyclic) bond motifs is 1. The van der Waals surface area contributed by atoms with E-state index in [0.717, 1.165) is 16.8 Å². The Hall–Kier alpha value is -3.38. The molecular weight excluding hydrogens is 372 g/mol. The van der Waals surface area contributed by atoms with Gasteiger partial charge in [-0.25, -0.2) is 4.99 Å². The summed E-state index contributed by atoms with van der Waals surface area (Å²) in [6, 6.07) is 17.7. The smallest absolute Gasteiger partial charge is 0.224 e. The Balaban J connectivity index is 1.74. The summed E-state index contributed by atoms with van der Waals surface area (Å²) in [5, 5.41) is 4.12. The Labute approximate surface area is 168 Å². The molecule has 1 aromatic heterocycles. The van der Waals surface area contributed by atoms with Crippen LogP contribution in [0.15, 0.2) is 65.7 Å². The molecule has 1 atom stereocenters. The van der Waals surface area contributed by atoms with Gasteiger partial charge >= 0.3 is 0 Å². The third-order valence-corrected chi connectivity index (χ3v) is 4.70. The maximum absolute atomic E-state index is 6.06. The zero-order valence-corrected chi connectivity index (χ0v) is 15.8. The third-order valence-electron chi connectivity index (χ3n) is 4.45. The molecular formula is C21H19ClN6. The van der Waals surface area contributed by atoms with Gasteiger partial charge in [-0.05, 0) is 29.3 Å². The first-order chi connectivity index (χ1) is 13.6. The minimum absolute atomic E-state index is 0.0234. The van der Waals surface area contributed by atoms with Crippen molar-refractivity contribution in [3.8, 4) is 0 Å². The van der Waals surface area contributed by atoms with Gasteiger partial charge in [-0.15, -0.1) is 0 Å². The third kappa shape index (κ3) is 3.97. The average molecular weight is 391 g/mol. The molecule has 1 unspecified atom stereocenters. The van der Waals surface area contributed by atoms with Crippen molar-refractivity contribution < 1.29 is 0 Å². The molecule has 1 aliphatic heterocycles. The molecule has 3 aromatic rings. The maximum atomic E-state index is 6.06. The molecule has 0 bridgehead atoms. The van der Waals surface area contributed by atoms with Crippen molar-refractivity contribution in [1.82, 2.24) is 9.97 Å². The summed E-state index contributed by atoms with van der Waals surface area (Å²) in [5.74, 6) is 0.903. The van der Waals surface area contributed by atoms with Crippen LogP contribution >= 0.6 is 11.6 Å². The molecule has 2 aromatic carbocycles. The number of halogens is 1. The highest BCUT2D eigenvalue weighted by Crippen LogP contribution is 2.36. The average Bonchev–Trinajstić information content (AvgIpc) is 2.88. The molecule has 0 amide bonds. The molecule has 0 spiro atoms. The molecule has 0 saturated heterocycles. The number of anilines is 3. The van der Waals surface area contributed by atoms with Crippen LogP contribution in [0.25, 0.3) is 6.08 Å². The number of nitrogens with two attached hydrogens (primary N) is 2. The van der Waals surface area contributed by atoms with Crippen LogP contribution in [0.1, 0.15) is 23.6 Å². The number of allylic oxidation sites excluding steroid dienone is 1. The lowest BCUT2D eigenvalue weighted by Gasteiger charge is -2.18. The van der Waals surface area contributed by atoms with E-state index in [4.69, 9.17) is 28.1 Å². The molecule has 1 aliphatic rings. The standard InChI is InChI=1S/C21H19ClN6/c22-15-9-6-13(7-10-15)8-11-16-12-17(14-4-2-1-3-5-14)26-20-18(25-16)19(23)27-21(24)28-20/h1-11,17H,12H2,(H5,23,24,26,27,28)/b11-8+. The number of hydrogen-bond acceptors (Lipinski definition) is 6. The fourth-order valence-corrected chi connectivity index (χ4v) is 3.20. The van der Waals surface area contributed by atoms with Crippen LogP contribution in [0.2, 0.25) is 5.02 Å². The SMILES string of the molecule is Nc1nc(N)c2c(n1)NC(c1ccccc1)CC(/C=C/c1ccc(Cl)cc1)=N2. The molecule has 7 heteroatoms. The second-order valence-corrected chi connectivity index (χ2v) is 6.90. The quantitative estimate of drug-likeness (QED) is 0.604. The highest BCUT2D eigenvalue weighted by atomic mass is 35.5. The van der Waals surface area contributed by atoms with Crippen molar-refractivity contribution in [1.29, 1.82) is 0 Å². The zero-order valence-electron chi connectivity index (χ0n) is 15.0. The molecule has 140 valence electrons. The van der Waals surface area contributed by atoms with Gasteiger partial charge in [-0.1, -0.05) is 60.1 Å². The van der Waals surface area contributed by atoms with Gasteiger partial charge in [0.25, 0.3) is 0 Å². The summed E-state index contributed by atoms with van der Waals surface area (Å²) < 4.78 is 0. The number of benzene rings is 2. The highest BCUT2D eigenvalue weighted by molar-refractivity contribution is 6.30. The molecule has 4 rings (SSSR count). The Bertz CT molecular complexity index is 1040. The fraction of sp³-hybridized carbons (Fsp3) is 0.0952. The monoisotopic (exact) mass is 390 g/mol. The first-order valence-electron chi connectivity index (χ1n) is 8.84. The van der Waals surface area contributed by atoms with Crippen LogP contribution in [0.4, 0.5) is 23.3 Å². The highest BCUT2D eigenvalue weighted by Gasteiger charge is 2.22. The Kier molecular flexibility index (Phi) is 4.95. The lowest BCUT2D eigenvalue weighted by molar-refractivity contribution is 0.823. The number of hydrogen-bond donors (Lipinski definition) is 3. The molecule has 2 heterocycles. The van der Waals surface area contributed by atoms with Crippen LogP contribution in [0, 0.1) is 0 Å². The summed E-state index contributed by atoms with van der Waals surface area (Å²) in [7, 11) is 0. The second kappa shape index (κ2) is 7.70. The van der Waals surface area contributed by atoms with Crippen LogP contribution in [0.3, 0.4) is 0 Å². The van der Waals surface area contributed by atoms with Crippen molar-refractivity contribution in [2.45, 2.75) is 12.5 Å².